The van der Waals surface area contributed by atoms with Gasteiger partial charge in [0, 0.05) is 36.8 Å². The van der Waals surface area contributed by atoms with Gasteiger partial charge in [0.2, 0.25) is 15.9 Å². The van der Waals surface area contributed by atoms with Gasteiger partial charge in [-0.15, -0.1) is 0 Å². The molecule has 21 heavy (non-hydrogen) atoms. The van der Waals surface area contributed by atoms with Crippen LogP contribution in [-0.2, 0) is 14.8 Å². The van der Waals surface area contributed by atoms with E-state index in [0.717, 1.165) is 0 Å². The zero-order valence-electron chi connectivity index (χ0n) is 11.9. The maximum Gasteiger partial charge on any atom is 0.241 e. The number of likely N-dealkylation sites (tertiary alicyclic amines) is 1. The molecule has 0 aromatic heterocycles. The van der Waals surface area contributed by atoms with Crippen LogP contribution >= 0.6 is 11.6 Å². The van der Waals surface area contributed by atoms with Gasteiger partial charge in [-0.2, -0.15) is 0 Å². The van der Waals surface area contributed by atoms with Crippen molar-refractivity contribution in [2.45, 2.75) is 30.7 Å². The molecule has 1 aromatic rings. The van der Waals surface area contributed by atoms with Crippen LogP contribution in [0.25, 0.3) is 0 Å². The number of nitrogens with zero attached hydrogens (tertiary/aromatic N) is 1. The Bertz CT molecular complexity index is 675. The van der Waals surface area contributed by atoms with Crippen LogP contribution < -0.4 is 10.5 Å². The van der Waals surface area contributed by atoms with Gasteiger partial charge in [-0.1, -0.05) is 11.6 Å². The van der Waals surface area contributed by atoms with Crippen LogP contribution in [0.4, 0.5) is 5.69 Å². The predicted molar refractivity (Wildman–Crippen MR) is 81.6 cm³/mol. The number of carbonyl (C=O) groups is 1. The Labute approximate surface area is 129 Å². The highest BCUT2D eigenvalue weighted by Gasteiger charge is 2.28. The van der Waals surface area contributed by atoms with Gasteiger partial charge in [-0.05, 0) is 31.0 Å². The first kappa shape index (κ1) is 16.1. The summed E-state index contributed by atoms with van der Waals surface area (Å²) < 4.78 is 27.6. The van der Waals surface area contributed by atoms with Crippen LogP contribution in [-0.4, -0.2) is 38.9 Å². The second kappa shape index (κ2) is 5.82. The highest BCUT2D eigenvalue weighted by Crippen LogP contribution is 2.26. The molecule has 8 heteroatoms. The Balaban J connectivity index is 2.25. The minimum absolute atomic E-state index is 0.0219. The Kier molecular flexibility index (Phi) is 4.46. The van der Waals surface area contributed by atoms with Crippen molar-refractivity contribution < 1.29 is 13.2 Å². The zero-order chi connectivity index (χ0) is 15.8. The summed E-state index contributed by atoms with van der Waals surface area (Å²) in [6.45, 7) is 1.99. The van der Waals surface area contributed by atoms with E-state index in [1.807, 2.05) is 0 Å². The van der Waals surface area contributed by atoms with E-state index in [9.17, 15) is 13.2 Å². The molecule has 1 amide bonds. The van der Waals surface area contributed by atoms with Gasteiger partial charge in [-0.3, -0.25) is 4.79 Å². The summed E-state index contributed by atoms with van der Waals surface area (Å²) in [5.74, 6) is 0.0219. The van der Waals surface area contributed by atoms with Gasteiger partial charge in [0.25, 0.3) is 0 Å². The molecule has 0 spiro atoms. The predicted octanol–water partition coefficient (Wildman–Crippen LogP) is 1.13. The van der Waals surface area contributed by atoms with Crippen molar-refractivity contribution in [1.82, 2.24) is 9.62 Å². The average Bonchev–Trinajstić information content (AvgIpc) is 2.37. The van der Waals surface area contributed by atoms with Crippen molar-refractivity contribution >= 4 is 33.2 Å². The lowest BCUT2D eigenvalue weighted by molar-refractivity contribution is -0.132. The maximum atomic E-state index is 12.5. The fourth-order valence-corrected chi connectivity index (χ4v) is 4.20. The minimum Gasteiger partial charge on any atom is -0.398 e. The number of benzene rings is 1. The number of nitrogens with two attached hydrogens (primary N) is 1. The Morgan fingerprint density at radius 2 is 2.10 bits per heavy atom. The van der Waals surface area contributed by atoms with Crippen molar-refractivity contribution in [3.05, 3.63) is 22.7 Å². The molecule has 116 valence electrons. The molecule has 1 saturated heterocycles. The van der Waals surface area contributed by atoms with Crippen LogP contribution in [0.1, 0.15) is 18.4 Å². The first-order chi connectivity index (χ1) is 9.70. The van der Waals surface area contributed by atoms with Crippen LogP contribution in [0.15, 0.2) is 17.0 Å². The summed E-state index contributed by atoms with van der Waals surface area (Å²) in [6, 6.07) is 2.59. The lowest BCUT2D eigenvalue weighted by atomic mass is 10.1. The van der Waals surface area contributed by atoms with Gasteiger partial charge in [0.15, 0.2) is 0 Å². The normalized spacial score (nSPS) is 19.9. The molecule has 1 aliphatic rings. The number of anilines is 1. The van der Waals surface area contributed by atoms with Crippen LogP contribution in [0, 0.1) is 6.92 Å². The van der Waals surface area contributed by atoms with E-state index in [0.29, 0.717) is 30.6 Å². The lowest BCUT2D eigenvalue weighted by Crippen LogP contribution is -2.48. The molecule has 1 fully saturated rings. The molecule has 1 heterocycles. The summed E-state index contributed by atoms with van der Waals surface area (Å²) in [5, 5.41) is 0.273. The SMILES string of the molecule is Cc1c(N)cc(Cl)cc1S(=O)(=O)NC1CCC(=O)N(C)C1. The van der Waals surface area contributed by atoms with Gasteiger partial charge in [0.1, 0.15) is 0 Å². The fourth-order valence-electron chi connectivity index (χ4n) is 2.34. The number of nitrogens with one attached hydrogen (secondary N) is 1. The van der Waals surface area contributed by atoms with Crippen molar-refractivity contribution in [3.8, 4) is 0 Å². The molecule has 0 radical (unpaired) electrons. The summed E-state index contributed by atoms with van der Waals surface area (Å²) in [5.41, 5.74) is 6.56. The molecular formula is C13H18ClN3O3S. The third kappa shape index (κ3) is 3.48. The molecule has 0 saturated carbocycles. The number of halogens is 1. The molecule has 1 aromatic carbocycles. The van der Waals surface area contributed by atoms with Crippen LogP contribution in [0.3, 0.4) is 0 Å². The molecule has 0 aliphatic carbocycles. The van der Waals surface area contributed by atoms with Crippen molar-refractivity contribution in [2.24, 2.45) is 0 Å². The molecule has 1 atom stereocenters. The number of carbonyl (C=O) groups excluding carboxylic acids is 1. The number of nitrogen functional groups attached to an aromatic ring is 1. The summed E-state index contributed by atoms with van der Waals surface area (Å²) >= 11 is 5.89. The van der Waals surface area contributed by atoms with E-state index >= 15 is 0 Å². The van der Waals surface area contributed by atoms with Crippen LogP contribution in [0.5, 0.6) is 0 Å². The topological polar surface area (TPSA) is 92.5 Å². The molecule has 1 aliphatic heterocycles. The highest BCUT2D eigenvalue weighted by molar-refractivity contribution is 7.89. The molecule has 0 bridgehead atoms. The molecular weight excluding hydrogens is 314 g/mol. The van der Waals surface area contributed by atoms with Crippen molar-refractivity contribution in [1.29, 1.82) is 0 Å². The van der Waals surface area contributed by atoms with Gasteiger partial charge in [-0.25, -0.2) is 13.1 Å². The number of likely N-dealkylation sites (N-methyl/N-ethyl adjacent to an activating group) is 1. The molecule has 6 nitrogen and oxygen atoms in total. The average molecular weight is 332 g/mol. The summed E-state index contributed by atoms with van der Waals surface area (Å²) in [7, 11) is -2.07. The number of hydrogen-bond acceptors (Lipinski definition) is 4. The Morgan fingerprint density at radius 3 is 2.71 bits per heavy atom. The number of amides is 1. The van der Waals surface area contributed by atoms with Gasteiger partial charge in [0.05, 0.1) is 4.90 Å². The van der Waals surface area contributed by atoms with E-state index in [4.69, 9.17) is 17.3 Å². The molecule has 2 rings (SSSR count). The third-order valence-corrected chi connectivity index (χ3v) is 5.47. The van der Waals surface area contributed by atoms with E-state index in [-0.39, 0.29) is 21.9 Å². The number of sulfonamides is 1. The summed E-state index contributed by atoms with van der Waals surface area (Å²) in [4.78, 5) is 13.0. The maximum absolute atomic E-state index is 12.5. The molecule has 3 N–H and O–H groups in total. The van der Waals surface area contributed by atoms with E-state index in [1.54, 1.807) is 14.0 Å². The van der Waals surface area contributed by atoms with E-state index in [1.165, 1.54) is 17.0 Å². The van der Waals surface area contributed by atoms with E-state index < -0.39 is 10.0 Å². The summed E-state index contributed by atoms with van der Waals surface area (Å²) in [6.07, 6.45) is 0.817. The van der Waals surface area contributed by atoms with Gasteiger partial charge < -0.3 is 10.6 Å². The Hall–Kier alpha value is -1.31. The van der Waals surface area contributed by atoms with Crippen molar-refractivity contribution in [2.75, 3.05) is 19.3 Å². The number of piperidine rings is 1. The van der Waals surface area contributed by atoms with Gasteiger partial charge >= 0.3 is 0 Å². The van der Waals surface area contributed by atoms with E-state index in [2.05, 4.69) is 4.72 Å². The fraction of sp³-hybridized carbons (Fsp3) is 0.462. The number of hydrogen-bond donors (Lipinski definition) is 2. The smallest absolute Gasteiger partial charge is 0.241 e. The van der Waals surface area contributed by atoms with Crippen LogP contribution in [0.2, 0.25) is 5.02 Å². The first-order valence-electron chi connectivity index (χ1n) is 6.52. The highest BCUT2D eigenvalue weighted by atomic mass is 35.5. The monoisotopic (exact) mass is 331 g/mol. The quantitative estimate of drug-likeness (QED) is 0.812. The molecule has 1 unspecified atom stereocenters. The number of rotatable bonds is 3. The second-order valence-corrected chi connectivity index (χ2v) is 7.37. The standard InChI is InChI=1S/C13H18ClN3O3S/c1-8-11(15)5-9(14)6-12(8)21(19,20)16-10-3-4-13(18)17(2)7-10/h5-6,10,16H,3-4,7,15H2,1-2H3. The first-order valence-corrected chi connectivity index (χ1v) is 8.38. The van der Waals surface area contributed by atoms with Crippen molar-refractivity contribution in [3.63, 3.8) is 0 Å². The second-order valence-electron chi connectivity index (χ2n) is 5.25. The minimum atomic E-state index is -3.73. The third-order valence-electron chi connectivity index (χ3n) is 3.60. The zero-order valence-corrected chi connectivity index (χ0v) is 13.5. The lowest BCUT2D eigenvalue weighted by Gasteiger charge is -2.30. The largest absolute Gasteiger partial charge is 0.398 e. The Morgan fingerprint density at radius 1 is 1.43 bits per heavy atom.